The van der Waals surface area contributed by atoms with Gasteiger partial charge in [-0.2, -0.15) is 0 Å². The largest absolute Gasteiger partial charge is 0.331 e. The molecule has 2 nitrogen and oxygen atoms in total. The molecule has 5 heteroatoms. The standard InChI is InChI=1S/C13H8FIN2S/c14-8-5-6-11-12(7-8)18-13(17-11)16-10-4-2-1-3-9(10)15/h1-7H,(H,16,17). The third-order valence-corrected chi connectivity index (χ3v) is 4.34. The number of hydrogen-bond donors (Lipinski definition) is 1. The van der Waals surface area contributed by atoms with E-state index in [4.69, 9.17) is 0 Å². The number of hydrogen-bond acceptors (Lipinski definition) is 3. The van der Waals surface area contributed by atoms with Gasteiger partial charge in [0, 0.05) is 3.57 Å². The van der Waals surface area contributed by atoms with Crippen molar-refractivity contribution in [1.29, 1.82) is 0 Å². The molecule has 0 spiro atoms. The molecule has 0 saturated carbocycles. The zero-order valence-electron chi connectivity index (χ0n) is 9.15. The maximum Gasteiger partial charge on any atom is 0.188 e. The Morgan fingerprint density at radius 1 is 1.17 bits per heavy atom. The fraction of sp³-hybridized carbons (Fsp3) is 0. The number of benzene rings is 2. The summed E-state index contributed by atoms with van der Waals surface area (Å²) in [6.45, 7) is 0. The molecule has 1 aromatic heterocycles. The lowest BCUT2D eigenvalue weighted by molar-refractivity contribution is 0.630. The molecule has 3 rings (SSSR count). The molecule has 0 unspecified atom stereocenters. The summed E-state index contributed by atoms with van der Waals surface area (Å²) in [6.07, 6.45) is 0. The molecule has 0 amide bonds. The third-order valence-electron chi connectivity index (χ3n) is 2.47. The van der Waals surface area contributed by atoms with E-state index in [0.717, 1.165) is 24.6 Å². The number of halogens is 2. The molecule has 0 aliphatic carbocycles. The number of thiazole rings is 1. The van der Waals surface area contributed by atoms with Gasteiger partial charge in [-0.25, -0.2) is 9.37 Å². The fourth-order valence-corrected chi connectivity index (χ4v) is 3.05. The van der Waals surface area contributed by atoms with Gasteiger partial charge >= 0.3 is 0 Å². The van der Waals surface area contributed by atoms with Crippen LogP contribution in [0.15, 0.2) is 42.5 Å². The van der Waals surface area contributed by atoms with E-state index in [1.807, 2.05) is 24.3 Å². The van der Waals surface area contributed by atoms with Gasteiger partial charge < -0.3 is 5.32 Å². The molecule has 3 aromatic rings. The lowest BCUT2D eigenvalue weighted by Gasteiger charge is -2.03. The second-order valence-electron chi connectivity index (χ2n) is 3.74. The second-order valence-corrected chi connectivity index (χ2v) is 5.93. The van der Waals surface area contributed by atoms with E-state index in [1.165, 1.54) is 23.5 Å². The minimum atomic E-state index is -0.230. The maximum atomic E-state index is 13.1. The highest BCUT2D eigenvalue weighted by atomic mass is 127. The monoisotopic (exact) mass is 370 g/mol. The molecule has 0 aliphatic heterocycles. The lowest BCUT2D eigenvalue weighted by Crippen LogP contribution is -1.91. The van der Waals surface area contributed by atoms with E-state index >= 15 is 0 Å². The average molecular weight is 370 g/mol. The van der Waals surface area contributed by atoms with Crippen molar-refractivity contribution in [3.05, 3.63) is 51.9 Å². The van der Waals surface area contributed by atoms with E-state index in [9.17, 15) is 4.39 Å². The molecule has 1 N–H and O–H groups in total. The van der Waals surface area contributed by atoms with Crippen LogP contribution >= 0.6 is 33.9 Å². The number of para-hydroxylation sites is 1. The van der Waals surface area contributed by atoms with Crippen LogP contribution in [-0.2, 0) is 0 Å². The Hall–Kier alpha value is -1.21. The summed E-state index contributed by atoms with van der Waals surface area (Å²) in [7, 11) is 0. The van der Waals surface area contributed by atoms with E-state index < -0.39 is 0 Å². The zero-order valence-corrected chi connectivity index (χ0v) is 12.1. The predicted octanol–water partition coefficient (Wildman–Crippen LogP) is 4.78. The molecule has 0 saturated heterocycles. The Balaban J connectivity index is 1.98. The number of anilines is 2. The van der Waals surface area contributed by atoms with Crippen LogP contribution in [0.2, 0.25) is 0 Å². The van der Waals surface area contributed by atoms with Crippen molar-refractivity contribution in [3.8, 4) is 0 Å². The Morgan fingerprint density at radius 2 is 2.00 bits per heavy atom. The summed E-state index contributed by atoms with van der Waals surface area (Å²) in [5.41, 5.74) is 1.83. The van der Waals surface area contributed by atoms with Crippen molar-refractivity contribution in [2.45, 2.75) is 0 Å². The van der Waals surface area contributed by atoms with Gasteiger partial charge in [-0.1, -0.05) is 23.5 Å². The number of aromatic nitrogens is 1. The highest BCUT2D eigenvalue weighted by Gasteiger charge is 2.06. The molecular formula is C13H8FIN2S. The molecule has 0 aliphatic rings. The van der Waals surface area contributed by atoms with Crippen molar-refractivity contribution in [2.24, 2.45) is 0 Å². The van der Waals surface area contributed by atoms with Gasteiger partial charge in [0.1, 0.15) is 5.82 Å². The van der Waals surface area contributed by atoms with E-state index in [1.54, 1.807) is 6.07 Å². The van der Waals surface area contributed by atoms with Gasteiger partial charge in [0.05, 0.1) is 15.9 Å². The summed E-state index contributed by atoms with van der Waals surface area (Å²) in [5.74, 6) is -0.230. The first kappa shape index (κ1) is 11.9. The van der Waals surface area contributed by atoms with Crippen molar-refractivity contribution in [1.82, 2.24) is 4.98 Å². The molecule has 2 aromatic carbocycles. The maximum absolute atomic E-state index is 13.1. The summed E-state index contributed by atoms with van der Waals surface area (Å²) in [6, 6.07) is 12.6. The van der Waals surface area contributed by atoms with Crippen LogP contribution in [-0.4, -0.2) is 4.98 Å². The van der Waals surface area contributed by atoms with E-state index in [0.29, 0.717) is 0 Å². The van der Waals surface area contributed by atoms with Crippen molar-refractivity contribution >= 4 is 55.0 Å². The smallest absolute Gasteiger partial charge is 0.188 e. The molecule has 0 radical (unpaired) electrons. The third kappa shape index (κ3) is 2.32. The lowest BCUT2D eigenvalue weighted by atomic mass is 10.3. The topological polar surface area (TPSA) is 24.9 Å². The molecule has 18 heavy (non-hydrogen) atoms. The Bertz CT molecular complexity index is 711. The summed E-state index contributed by atoms with van der Waals surface area (Å²) in [4.78, 5) is 4.43. The second kappa shape index (κ2) is 4.81. The van der Waals surface area contributed by atoms with Crippen LogP contribution < -0.4 is 5.32 Å². The Kier molecular flexibility index (Phi) is 3.17. The zero-order chi connectivity index (χ0) is 12.5. The van der Waals surface area contributed by atoms with Crippen LogP contribution in [0, 0.1) is 9.39 Å². The Labute approximate surface area is 121 Å². The molecule has 0 fully saturated rings. The van der Waals surface area contributed by atoms with Crippen LogP contribution in [0.4, 0.5) is 15.2 Å². The van der Waals surface area contributed by atoms with E-state index in [-0.39, 0.29) is 5.82 Å². The molecule has 90 valence electrons. The van der Waals surface area contributed by atoms with Gasteiger partial charge in [0.2, 0.25) is 0 Å². The summed E-state index contributed by atoms with van der Waals surface area (Å²) < 4.78 is 15.1. The molecule has 0 bridgehead atoms. The van der Waals surface area contributed by atoms with Crippen LogP contribution in [0.25, 0.3) is 10.2 Å². The van der Waals surface area contributed by atoms with Gasteiger partial charge in [0.15, 0.2) is 5.13 Å². The average Bonchev–Trinajstić information content (AvgIpc) is 2.73. The van der Waals surface area contributed by atoms with Crippen LogP contribution in [0.5, 0.6) is 0 Å². The molecule has 1 heterocycles. The minimum absolute atomic E-state index is 0.230. The van der Waals surface area contributed by atoms with Gasteiger partial charge in [-0.3, -0.25) is 0 Å². The SMILES string of the molecule is Fc1ccc2nc(Nc3ccccc3I)sc2c1. The van der Waals surface area contributed by atoms with Crippen LogP contribution in [0.1, 0.15) is 0 Å². The van der Waals surface area contributed by atoms with Gasteiger partial charge in [-0.15, -0.1) is 0 Å². The summed E-state index contributed by atoms with van der Waals surface area (Å²) >= 11 is 3.71. The quantitative estimate of drug-likeness (QED) is 0.657. The highest BCUT2D eigenvalue weighted by Crippen LogP contribution is 2.30. The molecule has 0 atom stereocenters. The number of nitrogens with one attached hydrogen (secondary N) is 1. The van der Waals surface area contributed by atoms with Gasteiger partial charge in [-0.05, 0) is 52.9 Å². The first-order valence-electron chi connectivity index (χ1n) is 5.30. The van der Waals surface area contributed by atoms with Crippen molar-refractivity contribution in [3.63, 3.8) is 0 Å². The summed E-state index contributed by atoms with van der Waals surface area (Å²) in [5, 5.41) is 4.04. The van der Waals surface area contributed by atoms with E-state index in [2.05, 4.69) is 32.9 Å². The number of nitrogens with zero attached hydrogens (tertiary/aromatic N) is 1. The van der Waals surface area contributed by atoms with Crippen molar-refractivity contribution < 1.29 is 4.39 Å². The predicted molar refractivity (Wildman–Crippen MR) is 82.0 cm³/mol. The first-order valence-corrected chi connectivity index (χ1v) is 7.19. The van der Waals surface area contributed by atoms with Gasteiger partial charge in [0.25, 0.3) is 0 Å². The van der Waals surface area contributed by atoms with Crippen LogP contribution in [0.3, 0.4) is 0 Å². The normalized spacial score (nSPS) is 10.8. The fourth-order valence-electron chi connectivity index (χ4n) is 1.63. The Morgan fingerprint density at radius 3 is 2.83 bits per heavy atom. The molecular weight excluding hydrogens is 362 g/mol. The first-order chi connectivity index (χ1) is 8.72. The minimum Gasteiger partial charge on any atom is -0.331 e. The number of fused-ring (bicyclic) bond motifs is 1. The number of rotatable bonds is 2. The highest BCUT2D eigenvalue weighted by molar-refractivity contribution is 14.1. The van der Waals surface area contributed by atoms with Crippen molar-refractivity contribution in [2.75, 3.05) is 5.32 Å².